The predicted molar refractivity (Wildman–Crippen MR) is 101 cm³/mol. The van der Waals surface area contributed by atoms with E-state index in [0.717, 1.165) is 19.4 Å². The Bertz CT molecular complexity index is 623. The van der Waals surface area contributed by atoms with E-state index in [0.29, 0.717) is 25.5 Å². The highest BCUT2D eigenvalue weighted by atomic mass is 19.1. The molecular formula is C19H29FN4O2. The lowest BCUT2D eigenvalue weighted by atomic mass is 10.2. The Kier molecular flexibility index (Phi) is 7.69. The van der Waals surface area contributed by atoms with E-state index >= 15 is 0 Å². The van der Waals surface area contributed by atoms with Crippen molar-refractivity contribution in [1.82, 2.24) is 15.5 Å². The number of guanidine groups is 1. The number of nitrogens with zero attached hydrogens (tertiary/aromatic N) is 2. The molecule has 1 heterocycles. The van der Waals surface area contributed by atoms with Crippen molar-refractivity contribution in [2.24, 2.45) is 4.99 Å². The van der Waals surface area contributed by atoms with E-state index < -0.39 is 0 Å². The minimum absolute atomic E-state index is 0.174. The van der Waals surface area contributed by atoms with E-state index in [4.69, 9.17) is 4.74 Å². The Balaban J connectivity index is 1.82. The lowest BCUT2D eigenvalue weighted by molar-refractivity contribution is -0.129. The molecule has 1 saturated heterocycles. The second kappa shape index (κ2) is 9.99. The third-order valence-electron chi connectivity index (χ3n) is 4.49. The Morgan fingerprint density at radius 2 is 2.19 bits per heavy atom. The second-order valence-corrected chi connectivity index (χ2v) is 6.35. The molecule has 1 fully saturated rings. The normalized spacial score (nSPS) is 18.5. The Morgan fingerprint density at radius 1 is 1.42 bits per heavy atom. The molecular weight excluding hydrogens is 335 g/mol. The summed E-state index contributed by atoms with van der Waals surface area (Å²) < 4.78 is 19.5. The fraction of sp³-hybridized carbons (Fsp3) is 0.579. The lowest BCUT2D eigenvalue weighted by Crippen LogP contribution is -2.47. The van der Waals surface area contributed by atoms with Gasteiger partial charge in [0.15, 0.2) is 17.5 Å². The zero-order valence-corrected chi connectivity index (χ0v) is 15.8. The maximum atomic E-state index is 13.7. The van der Waals surface area contributed by atoms with Crippen LogP contribution in [0, 0.1) is 5.82 Å². The molecule has 0 aromatic heterocycles. The molecule has 0 radical (unpaired) electrons. The van der Waals surface area contributed by atoms with Crippen LogP contribution in [0.2, 0.25) is 0 Å². The van der Waals surface area contributed by atoms with Gasteiger partial charge in [-0.3, -0.25) is 9.79 Å². The predicted octanol–water partition coefficient (Wildman–Crippen LogP) is 2.16. The fourth-order valence-corrected chi connectivity index (χ4v) is 2.92. The molecule has 2 unspecified atom stereocenters. The number of halogens is 1. The van der Waals surface area contributed by atoms with E-state index in [2.05, 4.69) is 15.6 Å². The molecule has 0 aliphatic carbocycles. The Hall–Kier alpha value is -2.31. The molecule has 144 valence electrons. The van der Waals surface area contributed by atoms with Crippen molar-refractivity contribution in [3.8, 4) is 5.75 Å². The van der Waals surface area contributed by atoms with E-state index in [1.807, 2.05) is 18.7 Å². The first-order valence-corrected chi connectivity index (χ1v) is 9.23. The van der Waals surface area contributed by atoms with Crippen LogP contribution in [0.25, 0.3) is 0 Å². The standard InChI is InChI=1S/C19H29FN4O2/c1-4-15(26-17-9-7-6-8-16(17)20)12-22-19(21-3)23-14-10-11-24(13-14)18(25)5-2/h6-9,14-15H,4-5,10-13H2,1-3H3,(H2,21,22,23). The van der Waals surface area contributed by atoms with Gasteiger partial charge in [-0.1, -0.05) is 26.0 Å². The maximum absolute atomic E-state index is 13.7. The van der Waals surface area contributed by atoms with Crippen LogP contribution < -0.4 is 15.4 Å². The van der Waals surface area contributed by atoms with E-state index in [-0.39, 0.29) is 29.6 Å². The minimum Gasteiger partial charge on any atom is -0.486 e. The van der Waals surface area contributed by atoms with Crippen molar-refractivity contribution in [3.63, 3.8) is 0 Å². The van der Waals surface area contributed by atoms with Crippen LogP contribution in [0.3, 0.4) is 0 Å². The summed E-state index contributed by atoms with van der Waals surface area (Å²) in [5.41, 5.74) is 0. The molecule has 1 aromatic rings. The molecule has 0 spiro atoms. The SMILES string of the molecule is CCC(=O)N1CCC(NC(=NC)NCC(CC)Oc2ccccc2F)C1. The van der Waals surface area contributed by atoms with Crippen LogP contribution in [-0.4, -0.2) is 55.6 Å². The molecule has 2 N–H and O–H groups in total. The first kappa shape index (κ1) is 20.0. The summed E-state index contributed by atoms with van der Waals surface area (Å²) in [6, 6.07) is 6.59. The quantitative estimate of drug-likeness (QED) is 0.575. The van der Waals surface area contributed by atoms with Gasteiger partial charge in [0, 0.05) is 32.6 Å². The number of rotatable bonds is 7. The summed E-state index contributed by atoms with van der Waals surface area (Å²) in [5, 5.41) is 6.58. The highest BCUT2D eigenvalue weighted by Gasteiger charge is 2.25. The average Bonchev–Trinajstić information content (AvgIpc) is 3.13. The molecule has 0 bridgehead atoms. The van der Waals surface area contributed by atoms with Gasteiger partial charge < -0.3 is 20.3 Å². The summed E-state index contributed by atoms with van der Waals surface area (Å²) in [6.45, 7) is 5.85. The number of likely N-dealkylation sites (tertiary alicyclic amines) is 1. The minimum atomic E-state index is -0.361. The first-order valence-electron chi connectivity index (χ1n) is 9.23. The van der Waals surface area contributed by atoms with Gasteiger partial charge in [0.05, 0.1) is 6.54 Å². The monoisotopic (exact) mass is 364 g/mol. The molecule has 2 atom stereocenters. The molecule has 2 rings (SSSR count). The number of aliphatic imine (C=N–C) groups is 1. The summed E-state index contributed by atoms with van der Waals surface area (Å²) in [6.07, 6.45) is 1.99. The molecule has 7 heteroatoms. The van der Waals surface area contributed by atoms with Crippen molar-refractivity contribution >= 4 is 11.9 Å². The van der Waals surface area contributed by atoms with Crippen molar-refractivity contribution in [2.75, 3.05) is 26.7 Å². The zero-order valence-electron chi connectivity index (χ0n) is 15.8. The zero-order chi connectivity index (χ0) is 18.9. The number of hydrogen-bond acceptors (Lipinski definition) is 3. The number of benzene rings is 1. The van der Waals surface area contributed by atoms with E-state index in [9.17, 15) is 9.18 Å². The number of amides is 1. The van der Waals surface area contributed by atoms with E-state index in [1.165, 1.54) is 6.07 Å². The molecule has 1 aliphatic heterocycles. The van der Waals surface area contributed by atoms with E-state index in [1.54, 1.807) is 25.2 Å². The summed E-state index contributed by atoms with van der Waals surface area (Å²) in [5.74, 6) is 0.742. The third-order valence-corrected chi connectivity index (χ3v) is 4.49. The second-order valence-electron chi connectivity index (χ2n) is 6.35. The molecule has 26 heavy (non-hydrogen) atoms. The summed E-state index contributed by atoms with van der Waals surface area (Å²) in [7, 11) is 1.71. The number of ether oxygens (including phenoxy) is 1. The van der Waals surface area contributed by atoms with Crippen molar-refractivity contribution in [3.05, 3.63) is 30.1 Å². The van der Waals surface area contributed by atoms with Crippen LogP contribution in [0.4, 0.5) is 4.39 Å². The van der Waals surface area contributed by atoms with Gasteiger partial charge in [0.25, 0.3) is 0 Å². The Labute approximate surface area is 154 Å². The fourth-order valence-electron chi connectivity index (χ4n) is 2.92. The van der Waals surface area contributed by atoms with Gasteiger partial charge in [-0.2, -0.15) is 0 Å². The van der Waals surface area contributed by atoms with Gasteiger partial charge >= 0.3 is 0 Å². The number of carbonyl (C=O) groups is 1. The molecule has 1 amide bonds. The van der Waals surface area contributed by atoms with Crippen LogP contribution in [0.15, 0.2) is 29.3 Å². The molecule has 0 saturated carbocycles. The van der Waals surface area contributed by atoms with Crippen molar-refractivity contribution < 1.29 is 13.9 Å². The molecule has 6 nitrogen and oxygen atoms in total. The van der Waals surface area contributed by atoms with Crippen molar-refractivity contribution in [1.29, 1.82) is 0 Å². The maximum Gasteiger partial charge on any atom is 0.222 e. The number of carbonyl (C=O) groups excluding carboxylic acids is 1. The van der Waals surface area contributed by atoms with Gasteiger partial charge in [0.1, 0.15) is 6.10 Å². The Morgan fingerprint density at radius 3 is 2.85 bits per heavy atom. The number of para-hydroxylation sites is 1. The summed E-state index contributed by atoms with van der Waals surface area (Å²) >= 11 is 0. The average molecular weight is 364 g/mol. The number of nitrogens with one attached hydrogen (secondary N) is 2. The topological polar surface area (TPSA) is 66.0 Å². The van der Waals surface area contributed by atoms with Crippen LogP contribution >= 0.6 is 0 Å². The highest BCUT2D eigenvalue weighted by Crippen LogP contribution is 2.17. The molecule has 1 aromatic carbocycles. The summed E-state index contributed by atoms with van der Waals surface area (Å²) in [4.78, 5) is 17.9. The van der Waals surface area contributed by atoms with Crippen LogP contribution in [-0.2, 0) is 4.79 Å². The highest BCUT2D eigenvalue weighted by molar-refractivity contribution is 5.80. The van der Waals surface area contributed by atoms with Crippen molar-refractivity contribution in [2.45, 2.75) is 45.3 Å². The molecule has 1 aliphatic rings. The van der Waals surface area contributed by atoms with Gasteiger partial charge in [-0.05, 0) is 25.0 Å². The smallest absolute Gasteiger partial charge is 0.222 e. The van der Waals surface area contributed by atoms with Crippen LogP contribution in [0.5, 0.6) is 5.75 Å². The number of hydrogen-bond donors (Lipinski definition) is 2. The first-order chi connectivity index (χ1) is 12.6. The van der Waals surface area contributed by atoms with Gasteiger partial charge in [-0.25, -0.2) is 4.39 Å². The largest absolute Gasteiger partial charge is 0.486 e. The van der Waals surface area contributed by atoms with Gasteiger partial charge in [0.2, 0.25) is 5.91 Å². The lowest BCUT2D eigenvalue weighted by Gasteiger charge is -2.22. The third kappa shape index (κ3) is 5.61. The van der Waals surface area contributed by atoms with Gasteiger partial charge in [-0.15, -0.1) is 0 Å². The van der Waals surface area contributed by atoms with Crippen LogP contribution in [0.1, 0.15) is 33.1 Å².